The maximum atomic E-state index is 12.1. The van der Waals surface area contributed by atoms with Crippen LogP contribution in [0.2, 0.25) is 0 Å². The maximum absolute atomic E-state index is 12.1. The van der Waals surface area contributed by atoms with E-state index in [4.69, 9.17) is 12.2 Å². The lowest BCUT2D eigenvalue weighted by atomic mass is 10.1. The van der Waals surface area contributed by atoms with Gasteiger partial charge in [0.05, 0.1) is 0 Å². The third-order valence-corrected chi connectivity index (χ3v) is 4.11. The number of hydrogen-bond acceptors (Lipinski definition) is 3. The summed E-state index contributed by atoms with van der Waals surface area (Å²) in [5.41, 5.74) is 2.76. The number of benzene rings is 2. The van der Waals surface area contributed by atoms with E-state index < -0.39 is 0 Å². The summed E-state index contributed by atoms with van der Waals surface area (Å²) < 4.78 is 0. The Morgan fingerprint density at radius 1 is 1.18 bits per heavy atom. The van der Waals surface area contributed by atoms with Crippen molar-refractivity contribution in [2.45, 2.75) is 18.4 Å². The molecule has 0 aliphatic heterocycles. The van der Waals surface area contributed by atoms with Gasteiger partial charge >= 0.3 is 0 Å². The molecule has 0 atom stereocenters. The van der Waals surface area contributed by atoms with Crippen molar-refractivity contribution in [1.82, 2.24) is 10.6 Å². The predicted molar refractivity (Wildman–Crippen MR) is 96.3 cm³/mol. The Balaban J connectivity index is 1.85. The molecule has 0 radical (unpaired) electrons. The molecule has 0 saturated heterocycles. The molecule has 22 heavy (non-hydrogen) atoms. The van der Waals surface area contributed by atoms with Gasteiger partial charge < -0.3 is 5.32 Å². The topological polar surface area (TPSA) is 41.1 Å². The number of nitrogens with one attached hydrogen (secondary N) is 2. The molecule has 0 heterocycles. The zero-order valence-corrected chi connectivity index (χ0v) is 14.2. The Hall–Kier alpha value is -1.85. The molecule has 1 amide bonds. The lowest BCUT2D eigenvalue weighted by Crippen LogP contribution is -2.38. The second kappa shape index (κ2) is 7.96. The summed E-state index contributed by atoms with van der Waals surface area (Å²) in [4.78, 5) is 13.3. The van der Waals surface area contributed by atoms with E-state index in [2.05, 4.69) is 22.8 Å². The highest BCUT2D eigenvalue weighted by Gasteiger charge is 2.07. The van der Waals surface area contributed by atoms with Crippen LogP contribution in [0.3, 0.4) is 0 Å². The van der Waals surface area contributed by atoms with E-state index in [0.717, 1.165) is 11.1 Å². The number of rotatable bonds is 4. The third-order valence-electron chi connectivity index (χ3n) is 3.12. The highest BCUT2D eigenvalue weighted by Crippen LogP contribution is 2.14. The Morgan fingerprint density at radius 3 is 2.55 bits per heavy atom. The van der Waals surface area contributed by atoms with E-state index in [1.807, 2.05) is 43.5 Å². The molecule has 2 N–H and O–H groups in total. The molecule has 2 aromatic rings. The van der Waals surface area contributed by atoms with Crippen molar-refractivity contribution >= 4 is 35.0 Å². The fourth-order valence-corrected chi connectivity index (χ4v) is 2.50. The summed E-state index contributed by atoms with van der Waals surface area (Å²) in [6.45, 7) is 2.53. The molecule has 0 fully saturated rings. The minimum atomic E-state index is -0.195. The van der Waals surface area contributed by atoms with E-state index in [9.17, 15) is 4.79 Å². The lowest BCUT2D eigenvalue weighted by Gasteiger charge is -2.10. The van der Waals surface area contributed by atoms with Crippen molar-refractivity contribution in [2.75, 3.05) is 6.26 Å². The van der Waals surface area contributed by atoms with Gasteiger partial charge in [0.25, 0.3) is 5.91 Å². The highest BCUT2D eigenvalue weighted by atomic mass is 32.2. The molecule has 2 aromatic carbocycles. The van der Waals surface area contributed by atoms with Crippen molar-refractivity contribution in [2.24, 2.45) is 0 Å². The molecule has 0 bridgehead atoms. The van der Waals surface area contributed by atoms with Gasteiger partial charge in [-0.3, -0.25) is 10.1 Å². The van der Waals surface area contributed by atoms with E-state index in [0.29, 0.717) is 17.2 Å². The molecule has 0 aromatic heterocycles. The monoisotopic (exact) mass is 330 g/mol. The molecule has 0 aliphatic rings. The minimum absolute atomic E-state index is 0.195. The van der Waals surface area contributed by atoms with Crippen molar-refractivity contribution in [3.63, 3.8) is 0 Å². The summed E-state index contributed by atoms with van der Waals surface area (Å²) in [6, 6.07) is 15.6. The molecule has 0 unspecified atom stereocenters. The van der Waals surface area contributed by atoms with Crippen LogP contribution in [0.4, 0.5) is 0 Å². The van der Waals surface area contributed by atoms with Crippen LogP contribution in [0.5, 0.6) is 0 Å². The van der Waals surface area contributed by atoms with Gasteiger partial charge in [-0.1, -0.05) is 29.8 Å². The third kappa shape index (κ3) is 4.86. The molecule has 3 nitrogen and oxygen atoms in total. The Morgan fingerprint density at radius 2 is 1.91 bits per heavy atom. The molecule has 2 rings (SSSR count). The van der Waals surface area contributed by atoms with Gasteiger partial charge in [-0.25, -0.2) is 0 Å². The van der Waals surface area contributed by atoms with E-state index in [1.165, 1.54) is 4.90 Å². The van der Waals surface area contributed by atoms with Gasteiger partial charge in [-0.15, -0.1) is 11.8 Å². The first kappa shape index (κ1) is 16.5. The molecular weight excluding hydrogens is 312 g/mol. The number of thiocarbonyl (C=S) groups is 1. The number of carbonyl (C=O) groups is 1. The van der Waals surface area contributed by atoms with Gasteiger partial charge in [-0.05, 0) is 55.2 Å². The maximum Gasteiger partial charge on any atom is 0.257 e. The van der Waals surface area contributed by atoms with Crippen LogP contribution in [0, 0.1) is 6.92 Å². The largest absolute Gasteiger partial charge is 0.358 e. The van der Waals surface area contributed by atoms with Gasteiger partial charge in [0.1, 0.15) is 0 Å². The average molecular weight is 330 g/mol. The molecule has 0 aliphatic carbocycles. The highest BCUT2D eigenvalue weighted by molar-refractivity contribution is 7.98. The Labute approximate surface area is 140 Å². The standard InChI is InChI=1S/C17H18N2OS2/c1-12-4-3-5-14(10-12)16(20)19-17(21)18-11-13-6-8-15(22-2)9-7-13/h3-10H,11H2,1-2H3,(H2,18,19,20,21). The van der Waals surface area contributed by atoms with Gasteiger partial charge in [0.15, 0.2) is 5.11 Å². The van der Waals surface area contributed by atoms with Crippen molar-refractivity contribution in [3.05, 3.63) is 65.2 Å². The fourth-order valence-electron chi connectivity index (χ4n) is 1.93. The van der Waals surface area contributed by atoms with Gasteiger partial charge in [0.2, 0.25) is 0 Å². The van der Waals surface area contributed by atoms with Crippen LogP contribution in [-0.4, -0.2) is 17.3 Å². The Kier molecular flexibility index (Phi) is 5.98. The van der Waals surface area contributed by atoms with Crippen LogP contribution in [-0.2, 0) is 6.54 Å². The summed E-state index contributed by atoms with van der Waals surface area (Å²) in [7, 11) is 0. The first-order valence-corrected chi connectivity index (χ1v) is 8.50. The first-order chi connectivity index (χ1) is 10.6. The zero-order valence-electron chi connectivity index (χ0n) is 12.6. The number of hydrogen-bond donors (Lipinski definition) is 2. The van der Waals surface area contributed by atoms with Crippen molar-refractivity contribution in [3.8, 4) is 0 Å². The number of aryl methyl sites for hydroxylation is 1. The summed E-state index contributed by atoms with van der Waals surface area (Å²) in [5, 5.41) is 6.07. The van der Waals surface area contributed by atoms with Crippen LogP contribution in [0.1, 0.15) is 21.5 Å². The summed E-state index contributed by atoms with van der Waals surface area (Å²) >= 11 is 6.87. The normalized spacial score (nSPS) is 10.1. The molecule has 5 heteroatoms. The number of thioether (sulfide) groups is 1. The van der Waals surface area contributed by atoms with Gasteiger partial charge in [-0.2, -0.15) is 0 Å². The second-order valence-electron chi connectivity index (χ2n) is 4.85. The molecule has 0 spiro atoms. The number of amides is 1. The van der Waals surface area contributed by atoms with Crippen molar-refractivity contribution < 1.29 is 4.79 Å². The Bertz CT molecular complexity index is 669. The van der Waals surface area contributed by atoms with E-state index >= 15 is 0 Å². The van der Waals surface area contributed by atoms with Gasteiger partial charge in [0, 0.05) is 17.0 Å². The zero-order chi connectivity index (χ0) is 15.9. The molecule has 0 saturated carbocycles. The molecule has 114 valence electrons. The molecular formula is C17H18N2OS2. The lowest BCUT2D eigenvalue weighted by molar-refractivity contribution is 0.0976. The van der Waals surface area contributed by atoms with Crippen LogP contribution in [0.15, 0.2) is 53.4 Å². The van der Waals surface area contributed by atoms with Crippen LogP contribution >= 0.6 is 24.0 Å². The first-order valence-electron chi connectivity index (χ1n) is 6.87. The average Bonchev–Trinajstić information content (AvgIpc) is 2.53. The van der Waals surface area contributed by atoms with Crippen molar-refractivity contribution in [1.29, 1.82) is 0 Å². The van der Waals surface area contributed by atoms with E-state index in [1.54, 1.807) is 17.8 Å². The predicted octanol–water partition coefficient (Wildman–Crippen LogP) is 3.52. The SMILES string of the molecule is CSc1ccc(CNC(=S)NC(=O)c2cccc(C)c2)cc1. The summed E-state index contributed by atoms with van der Waals surface area (Å²) in [5.74, 6) is -0.195. The van der Waals surface area contributed by atoms with Crippen LogP contribution < -0.4 is 10.6 Å². The van der Waals surface area contributed by atoms with Crippen LogP contribution in [0.25, 0.3) is 0 Å². The minimum Gasteiger partial charge on any atom is -0.358 e. The summed E-state index contributed by atoms with van der Waals surface area (Å²) in [6.07, 6.45) is 2.04. The smallest absolute Gasteiger partial charge is 0.257 e. The van der Waals surface area contributed by atoms with E-state index in [-0.39, 0.29) is 5.91 Å². The fraction of sp³-hybridized carbons (Fsp3) is 0.176. The number of carbonyl (C=O) groups excluding carboxylic acids is 1. The quantitative estimate of drug-likeness (QED) is 0.665. The second-order valence-corrected chi connectivity index (χ2v) is 6.14.